The Labute approximate surface area is 143 Å². The molecule has 3 aromatic carbocycles. The minimum absolute atomic E-state index is 0.424. The summed E-state index contributed by atoms with van der Waals surface area (Å²) in [5.41, 5.74) is 1.25. The summed E-state index contributed by atoms with van der Waals surface area (Å²) in [5, 5.41) is 1.87. The Balaban J connectivity index is 2.13. The highest BCUT2D eigenvalue weighted by Crippen LogP contribution is 2.36. The van der Waals surface area contributed by atoms with Crippen LogP contribution in [-0.4, -0.2) is 13.1 Å². The van der Waals surface area contributed by atoms with E-state index >= 15 is 0 Å². The second kappa shape index (κ2) is 6.42. The lowest BCUT2D eigenvalue weighted by atomic mass is 10.00. The van der Waals surface area contributed by atoms with E-state index < -0.39 is 5.97 Å². The number of para-hydroxylation sites is 1. The summed E-state index contributed by atoms with van der Waals surface area (Å²) in [6, 6.07) is 16.8. The maximum absolute atomic E-state index is 12.6. The SMILES string of the molecule is COc1c(C(=O)Oc2ccccc2)c(C)cc2c(Br)cccc12. The molecule has 0 amide bonds. The maximum atomic E-state index is 12.6. The second-order valence-corrected chi connectivity index (χ2v) is 5.99. The topological polar surface area (TPSA) is 35.5 Å². The lowest BCUT2D eigenvalue weighted by Crippen LogP contribution is -2.12. The lowest BCUT2D eigenvalue weighted by Gasteiger charge is -2.15. The summed E-state index contributed by atoms with van der Waals surface area (Å²) in [6.45, 7) is 1.88. The van der Waals surface area contributed by atoms with Gasteiger partial charge in [-0.15, -0.1) is 0 Å². The predicted octanol–water partition coefficient (Wildman–Crippen LogP) is 5.14. The van der Waals surface area contributed by atoms with Gasteiger partial charge in [-0.1, -0.05) is 46.3 Å². The zero-order chi connectivity index (χ0) is 16.4. The van der Waals surface area contributed by atoms with E-state index in [1.807, 2.05) is 49.4 Å². The fourth-order valence-corrected chi connectivity index (χ4v) is 3.08. The summed E-state index contributed by atoms with van der Waals surface area (Å²) < 4.78 is 12.0. The van der Waals surface area contributed by atoms with Gasteiger partial charge in [0.05, 0.1) is 7.11 Å². The van der Waals surface area contributed by atoms with Gasteiger partial charge in [-0.2, -0.15) is 0 Å². The third-order valence-corrected chi connectivity index (χ3v) is 4.33. The molecular formula is C19H15BrO3. The number of halogens is 1. The minimum atomic E-state index is -0.424. The van der Waals surface area contributed by atoms with Gasteiger partial charge in [0.25, 0.3) is 0 Å². The Kier molecular flexibility index (Phi) is 4.35. The molecule has 0 saturated carbocycles. The Morgan fingerprint density at radius 1 is 1.00 bits per heavy atom. The van der Waals surface area contributed by atoms with Crippen LogP contribution in [0.1, 0.15) is 15.9 Å². The zero-order valence-corrected chi connectivity index (χ0v) is 14.4. The van der Waals surface area contributed by atoms with Gasteiger partial charge < -0.3 is 9.47 Å². The van der Waals surface area contributed by atoms with E-state index in [2.05, 4.69) is 15.9 Å². The Bertz CT molecular complexity index is 873. The monoisotopic (exact) mass is 370 g/mol. The highest BCUT2D eigenvalue weighted by Gasteiger charge is 2.21. The molecule has 0 saturated heterocycles. The zero-order valence-electron chi connectivity index (χ0n) is 12.8. The summed E-state index contributed by atoms with van der Waals surface area (Å²) >= 11 is 3.54. The molecule has 0 aromatic heterocycles. The molecular weight excluding hydrogens is 356 g/mol. The van der Waals surface area contributed by atoms with E-state index in [4.69, 9.17) is 9.47 Å². The third-order valence-electron chi connectivity index (χ3n) is 3.64. The molecule has 116 valence electrons. The molecule has 0 aliphatic carbocycles. The van der Waals surface area contributed by atoms with Crippen molar-refractivity contribution in [3.63, 3.8) is 0 Å². The number of carbonyl (C=O) groups is 1. The number of fused-ring (bicyclic) bond motifs is 1. The molecule has 0 bridgehead atoms. The number of hydrogen-bond acceptors (Lipinski definition) is 3. The van der Waals surface area contributed by atoms with Crippen molar-refractivity contribution in [3.05, 3.63) is 70.2 Å². The lowest BCUT2D eigenvalue weighted by molar-refractivity contribution is 0.0731. The smallest absolute Gasteiger partial charge is 0.347 e. The van der Waals surface area contributed by atoms with E-state index in [-0.39, 0.29) is 0 Å². The van der Waals surface area contributed by atoms with Crippen LogP contribution in [0.4, 0.5) is 0 Å². The largest absolute Gasteiger partial charge is 0.495 e. The fourth-order valence-electron chi connectivity index (χ4n) is 2.60. The molecule has 0 N–H and O–H groups in total. The maximum Gasteiger partial charge on any atom is 0.347 e. The molecule has 4 heteroatoms. The molecule has 3 nitrogen and oxygen atoms in total. The van der Waals surface area contributed by atoms with Crippen molar-refractivity contribution < 1.29 is 14.3 Å². The van der Waals surface area contributed by atoms with Crippen molar-refractivity contribution in [1.82, 2.24) is 0 Å². The summed E-state index contributed by atoms with van der Waals surface area (Å²) in [5.74, 6) is 0.614. The Morgan fingerprint density at radius 2 is 1.74 bits per heavy atom. The predicted molar refractivity (Wildman–Crippen MR) is 94.3 cm³/mol. The number of methoxy groups -OCH3 is 1. The van der Waals surface area contributed by atoms with E-state index in [0.29, 0.717) is 17.1 Å². The molecule has 0 unspecified atom stereocenters. The van der Waals surface area contributed by atoms with Crippen LogP contribution in [-0.2, 0) is 0 Å². The van der Waals surface area contributed by atoms with Crippen LogP contribution in [0, 0.1) is 6.92 Å². The Hall–Kier alpha value is -2.33. The molecule has 3 rings (SSSR count). The van der Waals surface area contributed by atoms with Crippen LogP contribution in [0.25, 0.3) is 10.8 Å². The number of ether oxygens (including phenoxy) is 2. The number of aryl methyl sites for hydroxylation is 1. The van der Waals surface area contributed by atoms with Crippen LogP contribution >= 0.6 is 15.9 Å². The van der Waals surface area contributed by atoms with Gasteiger partial charge in [-0.05, 0) is 42.1 Å². The summed E-state index contributed by atoms with van der Waals surface area (Å²) in [7, 11) is 1.56. The van der Waals surface area contributed by atoms with Crippen molar-refractivity contribution >= 4 is 32.7 Å². The van der Waals surface area contributed by atoms with Gasteiger partial charge in [-0.3, -0.25) is 0 Å². The molecule has 0 aliphatic heterocycles. The molecule has 0 heterocycles. The molecule has 0 radical (unpaired) electrons. The average molecular weight is 371 g/mol. The molecule has 0 atom stereocenters. The number of esters is 1. The van der Waals surface area contributed by atoms with Crippen molar-refractivity contribution in [2.45, 2.75) is 6.92 Å². The van der Waals surface area contributed by atoms with Crippen molar-refractivity contribution in [2.75, 3.05) is 7.11 Å². The fraction of sp³-hybridized carbons (Fsp3) is 0.105. The second-order valence-electron chi connectivity index (χ2n) is 5.14. The third kappa shape index (κ3) is 2.94. The van der Waals surface area contributed by atoms with E-state index in [1.165, 1.54) is 0 Å². The molecule has 23 heavy (non-hydrogen) atoms. The number of benzene rings is 3. The van der Waals surface area contributed by atoms with Crippen LogP contribution in [0.3, 0.4) is 0 Å². The van der Waals surface area contributed by atoms with Crippen molar-refractivity contribution in [1.29, 1.82) is 0 Å². The first-order valence-corrected chi connectivity index (χ1v) is 7.94. The van der Waals surface area contributed by atoms with Gasteiger partial charge in [0.1, 0.15) is 17.1 Å². The quantitative estimate of drug-likeness (QED) is 0.473. The first-order chi connectivity index (χ1) is 11.1. The minimum Gasteiger partial charge on any atom is -0.495 e. The van der Waals surface area contributed by atoms with Gasteiger partial charge in [0, 0.05) is 9.86 Å². The van der Waals surface area contributed by atoms with Crippen molar-refractivity contribution in [2.24, 2.45) is 0 Å². The Morgan fingerprint density at radius 3 is 2.43 bits per heavy atom. The van der Waals surface area contributed by atoms with Crippen LogP contribution in [0.15, 0.2) is 59.1 Å². The van der Waals surface area contributed by atoms with Gasteiger partial charge >= 0.3 is 5.97 Å². The molecule has 0 spiro atoms. The number of hydrogen-bond donors (Lipinski definition) is 0. The highest BCUT2D eigenvalue weighted by molar-refractivity contribution is 9.10. The molecule has 0 aliphatic rings. The van der Waals surface area contributed by atoms with Gasteiger partial charge in [0.2, 0.25) is 0 Å². The summed E-state index contributed by atoms with van der Waals surface area (Å²) in [4.78, 5) is 12.6. The first-order valence-electron chi connectivity index (χ1n) is 7.15. The van der Waals surface area contributed by atoms with Crippen molar-refractivity contribution in [3.8, 4) is 11.5 Å². The average Bonchev–Trinajstić information content (AvgIpc) is 2.55. The highest BCUT2D eigenvalue weighted by atomic mass is 79.9. The standard InChI is InChI=1S/C19H15BrO3/c1-12-11-15-14(9-6-10-16(15)20)18(22-2)17(12)19(21)23-13-7-4-3-5-8-13/h3-11H,1-2H3. The van der Waals surface area contributed by atoms with E-state index in [1.54, 1.807) is 19.2 Å². The van der Waals surface area contributed by atoms with Gasteiger partial charge in [-0.25, -0.2) is 4.79 Å². The van der Waals surface area contributed by atoms with Gasteiger partial charge in [0.15, 0.2) is 0 Å². The molecule has 0 fully saturated rings. The number of rotatable bonds is 3. The van der Waals surface area contributed by atoms with Crippen LogP contribution in [0.5, 0.6) is 11.5 Å². The van der Waals surface area contributed by atoms with Crippen LogP contribution < -0.4 is 9.47 Å². The van der Waals surface area contributed by atoms with E-state index in [9.17, 15) is 4.79 Å². The van der Waals surface area contributed by atoms with Crippen LogP contribution in [0.2, 0.25) is 0 Å². The summed E-state index contributed by atoms with van der Waals surface area (Å²) in [6.07, 6.45) is 0. The van der Waals surface area contributed by atoms with E-state index in [0.717, 1.165) is 20.8 Å². The first kappa shape index (κ1) is 15.6. The molecule has 3 aromatic rings. The normalized spacial score (nSPS) is 10.6. The number of carbonyl (C=O) groups excluding carboxylic acids is 1.